The number of nitro benzene ring substituents is 1. The zero-order valence-corrected chi connectivity index (χ0v) is 19.1. The predicted octanol–water partition coefficient (Wildman–Crippen LogP) is 3.59. The van der Waals surface area contributed by atoms with Gasteiger partial charge in [-0.05, 0) is 44.2 Å². The van der Waals surface area contributed by atoms with Crippen LogP contribution in [0.4, 0.5) is 11.4 Å². The van der Waals surface area contributed by atoms with Gasteiger partial charge < -0.3 is 5.32 Å². The molecule has 0 aliphatic heterocycles. The number of anilines is 1. The van der Waals surface area contributed by atoms with E-state index in [1.54, 1.807) is 13.8 Å². The molecule has 0 bridgehead atoms. The molecule has 2 aromatic carbocycles. The highest BCUT2D eigenvalue weighted by Crippen LogP contribution is 2.30. The van der Waals surface area contributed by atoms with Crippen molar-refractivity contribution in [3.8, 4) is 0 Å². The van der Waals surface area contributed by atoms with Crippen LogP contribution in [0.1, 0.15) is 37.8 Å². The zero-order chi connectivity index (χ0) is 23.2. The number of nitro groups is 1. The molecule has 0 saturated heterocycles. The Kier molecular flexibility index (Phi) is 8.15. The van der Waals surface area contributed by atoms with Crippen molar-refractivity contribution in [1.82, 2.24) is 5.32 Å². The number of aryl methyl sites for hydroxylation is 2. The number of hydrogen-bond donors (Lipinski definition) is 1. The Hall–Kier alpha value is -2.94. The van der Waals surface area contributed by atoms with E-state index < -0.39 is 26.9 Å². The predicted molar refractivity (Wildman–Crippen MR) is 122 cm³/mol. The fourth-order valence-electron chi connectivity index (χ4n) is 3.42. The van der Waals surface area contributed by atoms with Gasteiger partial charge >= 0.3 is 0 Å². The maximum Gasteiger partial charge on any atom is 0.271 e. The number of benzene rings is 2. The first kappa shape index (κ1) is 24.3. The summed E-state index contributed by atoms with van der Waals surface area (Å²) in [6.45, 7) is 5.24. The van der Waals surface area contributed by atoms with Gasteiger partial charge in [0.25, 0.3) is 5.69 Å². The number of rotatable bonds is 10. The summed E-state index contributed by atoms with van der Waals surface area (Å²) < 4.78 is 26.3. The molecule has 0 radical (unpaired) electrons. The number of non-ortho nitro benzene ring substituents is 1. The highest BCUT2D eigenvalue weighted by Gasteiger charge is 2.33. The van der Waals surface area contributed by atoms with E-state index in [4.69, 9.17) is 0 Å². The monoisotopic (exact) mass is 447 g/mol. The highest BCUT2D eigenvalue weighted by atomic mass is 32.2. The molecule has 0 aromatic heterocycles. The molecule has 0 unspecified atom stereocenters. The normalized spacial score (nSPS) is 13.3. The maximum absolute atomic E-state index is 13.0. The lowest BCUT2D eigenvalue weighted by Crippen LogP contribution is -2.51. The standard InChI is InChI=1S/C22H29N3O5S/c1-5-20(22(26)23-17(3)12-13-18-9-7-6-8-10-18)24(31(4,29)30)21-15-19(25(27)28)14-11-16(21)2/h6-11,14-15,17,20H,5,12-13H2,1-4H3,(H,23,26)/t17-,20-/m0/s1. The lowest BCUT2D eigenvalue weighted by Gasteiger charge is -2.32. The molecule has 0 aliphatic carbocycles. The number of sulfonamides is 1. The third-order valence-corrected chi connectivity index (χ3v) is 6.23. The van der Waals surface area contributed by atoms with Gasteiger partial charge in [-0.15, -0.1) is 0 Å². The molecule has 0 spiro atoms. The van der Waals surface area contributed by atoms with E-state index in [2.05, 4.69) is 5.32 Å². The summed E-state index contributed by atoms with van der Waals surface area (Å²) in [7, 11) is -3.88. The SMILES string of the molecule is CC[C@@H](C(=O)N[C@@H](C)CCc1ccccc1)N(c1cc([N+](=O)[O-])ccc1C)S(C)(=O)=O. The topological polar surface area (TPSA) is 110 Å². The van der Waals surface area contributed by atoms with Crippen LogP contribution in [0.25, 0.3) is 0 Å². The van der Waals surface area contributed by atoms with Crippen LogP contribution in [0.2, 0.25) is 0 Å². The summed E-state index contributed by atoms with van der Waals surface area (Å²) >= 11 is 0. The second kappa shape index (κ2) is 10.4. The number of carbonyl (C=O) groups excluding carboxylic acids is 1. The quantitative estimate of drug-likeness (QED) is 0.442. The van der Waals surface area contributed by atoms with E-state index in [0.29, 0.717) is 12.0 Å². The Morgan fingerprint density at radius 1 is 1.19 bits per heavy atom. The highest BCUT2D eigenvalue weighted by molar-refractivity contribution is 7.92. The minimum Gasteiger partial charge on any atom is -0.352 e. The van der Waals surface area contributed by atoms with E-state index >= 15 is 0 Å². The minimum atomic E-state index is -3.88. The number of hydrogen-bond acceptors (Lipinski definition) is 5. The molecule has 31 heavy (non-hydrogen) atoms. The van der Waals surface area contributed by atoms with Gasteiger partial charge in [0.1, 0.15) is 6.04 Å². The molecule has 0 heterocycles. The van der Waals surface area contributed by atoms with E-state index in [0.717, 1.165) is 22.5 Å². The van der Waals surface area contributed by atoms with Crippen molar-refractivity contribution in [2.75, 3.05) is 10.6 Å². The van der Waals surface area contributed by atoms with Gasteiger partial charge in [-0.2, -0.15) is 0 Å². The number of amides is 1. The number of nitrogens with one attached hydrogen (secondary N) is 1. The first-order chi connectivity index (χ1) is 14.5. The average molecular weight is 448 g/mol. The van der Waals surface area contributed by atoms with Crippen molar-refractivity contribution >= 4 is 27.3 Å². The molecule has 168 valence electrons. The van der Waals surface area contributed by atoms with Crippen molar-refractivity contribution in [1.29, 1.82) is 0 Å². The van der Waals surface area contributed by atoms with Crippen LogP contribution < -0.4 is 9.62 Å². The first-order valence-corrected chi connectivity index (χ1v) is 12.0. The van der Waals surface area contributed by atoms with E-state index in [-0.39, 0.29) is 23.8 Å². The molecule has 9 heteroatoms. The molecular formula is C22H29N3O5S. The Morgan fingerprint density at radius 3 is 2.39 bits per heavy atom. The fourth-order valence-corrected chi connectivity index (χ4v) is 4.68. The molecule has 1 amide bonds. The molecule has 2 atom stereocenters. The van der Waals surface area contributed by atoms with E-state index in [1.807, 2.05) is 37.3 Å². The molecule has 0 aliphatic rings. The van der Waals surface area contributed by atoms with Crippen molar-refractivity contribution in [2.24, 2.45) is 0 Å². The average Bonchev–Trinajstić information content (AvgIpc) is 2.70. The van der Waals surface area contributed by atoms with Gasteiger partial charge in [-0.3, -0.25) is 19.2 Å². The summed E-state index contributed by atoms with van der Waals surface area (Å²) in [5, 5.41) is 14.1. The van der Waals surface area contributed by atoms with Crippen LogP contribution in [-0.4, -0.2) is 37.6 Å². The summed E-state index contributed by atoms with van der Waals surface area (Å²) in [6.07, 6.45) is 2.69. The Morgan fingerprint density at radius 2 is 1.84 bits per heavy atom. The fraction of sp³-hybridized carbons (Fsp3) is 0.409. The molecule has 0 fully saturated rings. The Balaban J connectivity index is 2.26. The second-order valence-corrected chi connectivity index (χ2v) is 9.50. The van der Waals surface area contributed by atoms with Crippen LogP contribution in [0, 0.1) is 17.0 Å². The lowest BCUT2D eigenvalue weighted by molar-refractivity contribution is -0.384. The first-order valence-electron chi connectivity index (χ1n) is 10.1. The van der Waals surface area contributed by atoms with Crippen LogP contribution in [0.5, 0.6) is 0 Å². The summed E-state index contributed by atoms with van der Waals surface area (Å²) in [5.41, 5.74) is 1.58. The summed E-state index contributed by atoms with van der Waals surface area (Å²) in [4.78, 5) is 23.7. The Labute approximate surface area is 183 Å². The van der Waals surface area contributed by atoms with Crippen LogP contribution >= 0.6 is 0 Å². The minimum absolute atomic E-state index is 0.135. The molecule has 2 aromatic rings. The molecular weight excluding hydrogens is 418 g/mol. The van der Waals surface area contributed by atoms with Crippen molar-refractivity contribution in [3.63, 3.8) is 0 Å². The summed E-state index contributed by atoms with van der Waals surface area (Å²) in [6, 6.07) is 12.7. The lowest BCUT2D eigenvalue weighted by atomic mass is 10.1. The third-order valence-electron chi connectivity index (χ3n) is 5.07. The smallest absolute Gasteiger partial charge is 0.271 e. The Bertz CT molecular complexity index is 1020. The van der Waals surface area contributed by atoms with E-state index in [1.165, 1.54) is 18.2 Å². The zero-order valence-electron chi connectivity index (χ0n) is 18.2. The number of nitrogens with zero attached hydrogens (tertiary/aromatic N) is 2. The maximum atomic E-state index is 13.0. The second-order valence-electron chi connectivity index (χ2n) is 7.64. The van der Waals surface area contributed by atoms with Gasteiger partial charge in [0, 0.05) is 18.2 Å². The molecule has 8 nitrogen and oxygen atoms in total. The van der Waals surface area contributed by atoms with Gasteiger partial charge in [0.2, 0.25) is 15.9 Å². The molecule has 1 N–H and O–H groups in total. The van der Waals surface area contributed by atoms with Crippen LogP contribution in [0.3, 0.4) is 0 Å². The van der Waals surface area contributed by atoms with E-state index in [9.17, 15) is 23.3 Å². The van der Waals surface area contributed by atoms with Crippen molar-refractivity contribution in [3.05, 3.63) is 69.8 Å². The van der Waals surface area contributed by atoms with Gasteiger partial charge in [0.15, 0.2) is 0 Å². The van der Waals surface area contributed by atoms with Crippen LogP contribution in [0.15, 0.2) is 48.5 Å². The largest absolute Gasteiger partial charge is 0.352 e. The van der Waals surface area contributed by atoms with Crippen molar-refractivity contribution < 1.29 is 18.1 Å². The van der Waals surface area contributed by atoms with Crippen molar-refractivity contribution in [2.45, 2.75) is 52.1 Å². The third kappa shape index (κ3) is 6.52. The molecule has 0 saturated carbocycles. The number of carbonyl (C=O) groups is 1. The van der Waals surface area contributed by atoms with Gasteiger partial charge in [0.05, 0.1) is 16.9 Å². The van der Waals surface area contributed by atoms with Gasteiger partial charge in [-0.1, -0.05) is 43.3 Å². The van der Waals surface area contributed by atoms with Gasteiger partial charge in [-0.25, -0.2) is 8.42 Å². The summed E-state index contributed by atoms with van der Waals surface area (Å²) in [5.74, 6) is -0.431. The molecule has 2 rings (SSSR count). The van der Waals surface area contributed by atoms with Crippen LogP contribution in [-0.2, 0) is 21.2 Å².